The number of benzene rings is 1. The van der Waals surface area contributed by atoms with E-state index in [4.69, 9.17) is 5.73 Å². The Morgan fingerprint density at radius 1 is 1.46 bits per heavy atom. The largest absolute Gasteiger partial charge is 0.385 e. The van der Waals surface area contributed by atoms with Gasteiger partial charge in [0.05, 0.1) is 11.3 Å². The van der Waals surface area contributed by atoms with Gasteiger partial charge in [0.1, 0.15) is 11.6 Å². The topological polar surface area (TPSA) is 55.1 Å². The highest BCUT2D eigenvalue weighted by atomic mass is 19.1. The average Bonchev–Trinajstić information content (AvgIpc) is 2.02. The maximum absolute atomic E-state index is 13.0. The maximum atomic E-state index is 13.0. The van der Waals surface area contributed by atoms with E-state index in [9.17, 15) is 13.6 Å². The van der Waals surface area contributed by atoms with E-state index in [1.807, 2.05) is 0 Å². The van der Waals surface area contributed by atoms with Gasteiger partial charge in [-0.15, -0.1) is 0 Å². The second-order valence-corrected chi connectivity index (χ2v) is 2.42. The normalized spacial score (nSPS) is 9.77. The van der Waals surface area contributed by atoms with Gasteiger partial charge in [-0.1, -0.05) is 0 Å². The smallest absolute Gasteiger partial charge is 0.251 e. The van der Waals surface area contributed by atoms with Crippen molar-refractivity contribution >= 4 is 11.6 Å². The first-order valence-electron chi connectivity index (χ1n) is 3.53. The molecule has 1 aromatic carbocycles. The summed E-state index contributed by atoms with van der Waals surface area (Å²) in [6.45, 7) is 0. The first kappa shape index (κ1) is 9.44. The summed E-state index contributed by atoms with van der Waals surface area (Å²) < 4.78 is 25.6. The van der Waals surface area contributed by atoms with Crippen LogP contribution >= 0.6 is 0 Å². The lowest BCUT2D eigenvalue weighted by molar-refractivity contribution is 0.1000. The van der Waals surface area contributed by atoms with Crippen molar-refractivity contribution in [1.29, 1.82) is 0 Å². The molecule has 1 amide bonds. The number of amides is 1. The number of rotatable bonds is 2. The van der Waals surface area contributed by atoms with Crippen LogP contribution in [0.2, 0.25) is 0 Å². The van der Waals surface area contributed by atoms with Crippen LogP contribution in [0.15, 0.2) is 12.1 Å². The lowest BCUT2D eigenvalue weighted by Gasteiger charge is -2.06. The Kier molecular flexibility index (Phi) is 2.46. The van der Waals surface area contributed by atoms with Crippen LogP contribution < -0.4 is 11.1 Å². The molecule has 0 spiro atoms. The third kappa shape index (κ3) is 1.74. The molecule has 0 heterocycles. The van der Waals surface area contributed by atoms with Gasteiger partial charge in [-0.25, -0.2) is 8.78 Å². The van der Waals surface area contributed by atoms with Crippen molar-refractivity contribution in [2.45, 2.75) is 0 Å². The lowest BCUT2D eigenvalue weighted by atomic mass is 10.1. The van der Waals surface area contributed by atoms with Crippen LogP contribution in [0.1, 0.15) is 10.4 Å². The number of nitrogens with two attached hydrogens (primary N) is 1. The first-order chi connectivity index (χ1) is 6.06. The third-order valence-electron chi connectivity index (χ3n) is 1.57. The van der Waals surface area contributed by atoms with Gasteiger partial charge in [0.15, 0.2) is 0 Å². The summed E-state index contributed by atoms with van der Waals surface area (Å²) in [4.78, 5) is 10.7. The average molecular weight is 186 g/mol. The molecule has 0 aliphatic rings. The van der Waals surface area contributed by atoms with Gasteiger partial charge < -0.3 is 11.1 Å². The van der Waals surface area contributed by atoms with Crippen LogP contribution in [0.25, 0.3) is 0 Å². The maximum Gasteiger partial charge on any atom is 0.251 e. The summed E-state index contributed by atoms with van der Waals surface area (Å²) in [6.07, 6.45) is 0. The van der Waals surface area contributed by atoms with Crippen molar-refractivity contribution in [1.82, 2.24) is 0 Å². The lowest BCUT2D eigenvalue weighted by Crippen LogP contribution is -2.14. The highest BCUT2D eigenvalue weighted by Gasteiger charge is 2.13. The molecule has 0 radical (unpaired) electrons. The molecule has 0 saturated carbocycles. The van der Waals surface area contributed by atoms with E-state index in [1.54, 1.807) is 0 Å². The summed E-state index contributed by atoms with van der Waals surface area (Å²) in [5.74, 6) is -2.54. The van der Waals surface area contributed by atoms with Gasteiger partial charge in [0, 0.05) is 13.1 Å². The second-order valence-electron chi connectivity index (χ2n) is 2.42. The molecule has 0 aliphatic carbocycles. The van der Waals surface area contributed by atoms with E-state index in [1.165, 1.54) is 7.05 Å². The van der Waals surface area contributed by atoms with E-state index in [0.717, 1.165) is 6.07 Å². The summed E-state index contributed by atoms with van der Waals surface area (Å²) in [7, 11) is 1.42. The number of carbonyl (C=O) groups is 1. The summed E-state index contributed by atoms with van der Waals surface area (Å²) in [5, 5.41) is 2.43. The number of nitrogens with one attached hydrogen (secondary N) is 1. The minimum atomic E-state index is -0.872. The van der Waals surface area contributed by atoms with E-state index >= 15 is 0 Å². The fraction of sp³-hybridized carbons (Fsp3) is 0.125. The Morgan fingerprint density at radius 3 is 2.54 bits per heavy atom. The first-order valence-corrected chi connectivity index (χ1v) is 3.53. The van der Waals surface area contributed by atoms with Crippen molar-refractivity contribution in [2.24, 2.45) is 5.73 Å². The predicted molar refractivity (Wildman–Crippen MR) is 44.4 cm³/mol. The molecule has 1 aromatic rings. The molecular formula is C8H8F2N2O. The highest BCUT2D eigenvalue weighted by molar-refractivity contribution is 5.98. The van der Waals surface area contributed by atoms with Gasteiger partial charge in [-0.05, 0) is 6.07 Å². The fourth-order valence-electron chi connectivity index (χ4n) is 1.02. The minimum absolute atomic E-state index is 0.0890. The summed E-state index contributed by atoms with van der Waals surface area (Å²) in [6, 6.07) is 1.56. The molecule has 70 valence electrons. The summed E-state index contributed by atoms with van der Waals surface area (Å²) >= 11 is 0. The highest BCUT2D eigenvalue weighted by Crippen LogP contribution is 2.20. The number of hydrogen-bond donors (Lipinski definition) is 2. The Morgan fingerprint density at radius 2 is 2.08 bits per heavy atom. The molecular weight excluding hydrogens is 178 g/mol. The van der Waals surface area contributed by atoms with E-state index in [0.29, 0.717) is 6.07 Å². The molecule has 0 aliphatic heterocycles. The van der Waals surface area contributed by atoms with Crippen molar-refractivity contribution in [3.8, 4) is 0 Å². The van der Waals surface area contributed by atoms with Crippen molar-refractivity contribution in [3.05, 3.63) is 29.3 Å². The minimum Gasteiger partial charge on any atom is -0.385 e. The van der Waals surface area contributed by atoms with Crippen molar-refractivity contribution < 1.29 is 13.6 Å². The van der Waals surface area contributed by atoms with Crippen molar-refractivity contribution in [3.63, 3.8) is 0 Å². The zero-order valence-corrected chi connectivity index (χ0v) is 6.90. The fourth-order valence-corrected chi connectivity index (χ4v) is 1.02. The monoisotopic (exact) mass is 186 g/mol. The van der Waals surface area contributed by atoms with Gasteiger partial charge >= 0.3 is 0 Å². The Labute approximate surface area is 73.5 Å². The van der Waals surface area contributed by atoms with Crippen LogP contribution in [0.5, 0.6) is 0 Å². The molecule has 1 rings (SSSR count). The molecule has 3 nitrogen and oxygen atoms in total. The van der Waals surface area contributed by atoms with Crippen LogP contribution in [0.4, 0.5) is 14.5 Å². The quantitative estimate of drug-likeness (QED) is 0.726. The summed E-state index contributed by atoms with van der Waals surface area (Å²) in [5.41, 5.74) is 4.63. The molecule has 3 N–H and O–H groups in total. The second kappa shape index (κ2) is 3.38. The molecule has 0 unspecified atom stereocenters. The number of hydrogen-bond acceptors (Lipinski definition) is 2. The van der Waals surface area contributed by atoms with Crippen LogP contribution in [0, 0.1) is 11.6 Å². The Bertz CT molecular complexity index is 352. The van der Waals surface area contributed by atoms with E-state index < -0.39 is 17.5 Å². The molecule has 0 saturated heterocycles. The standard InChI is InChI=1S/C8H8F2N2O/c1-12-7-5(8(11)13)2-4(9)3-6(7)10/h2-3,12H,1H3,(H2,11,13). The van der Waals surface area contributed by atoms with Gasteiger partial charge in [-0.2, -0.15) is 0 Å². The Balaban J connectivity index is 3.38. The molecule has 13 heavy (non-hydrogen) atoms. The third-order valence-corrected chi connectivity index (χ3v) is 1.57. The van der Waals surface area contributed by atoms with Crippen LogP contribution in [-0.2, 0) is 0 Å². The number of anilines is 1. The predicted octanol–water partition coefficient (Wildman–Crippen LogP) is 1.11. The van der Waals surface area contributed by atoms with Gasteiger partial charge in [0.2, 0.25) is 0 Å². The Hall–Kier alpha value is -1.65. The zero-order chi connectivity index (χ0) is 10.0. The number of carbonyl (C=O) groups excluding carboxylic acids is 1. The number of halogens is 2. The zero-order valence-electron chi connectivity index (χ0n) is 6.90. The van der Waals surface area contributed by atoms with Gasteiger partial charge in [-0.3, -0.25) is 4.79 Å². The number of primary amides is 1. The van der Waals surface area contributed by atoms with Gasteiger partial charge in [0.25, 0.3) is 5.91 Å². The SMILES string of the molecule is CNc1c(F)cc(F)cc1C(N)=O. The molecule has 0 fully saturated rings. The van der Waals surface area contributed by atoms with Crippen LogP contribution in [0.3, 0.4) is 0 Å². The van der Waals surface area contributed by atoms with Crippen LogP contribution in [-0.4, -0.2) is 13.0 Å². The molecule has 0 bridgehead atoms. The van der Waals surface area contributed by atoms with Crippen molar-refractivity contribution in [2.75, 3.05) is 12.4 Å². The molecule has 0 atom stereocenters. The molecule has 5 heteroatoms. The molecule has 0 aromatic heterocycles. The van der Waals surface area contributed by atoms with E-state index in [-0.39, 0.29) is 11.3 Å². The van der Waals surface area contributed by atoms with E-state index in [2.05, 4.69) is 5.32 Å².